The van der Waals surface area contributed by atoms with E-state index in [1.54, 1.807) is 12.1 Å². The van der Waals surface area contributed by atoms with Crippen molar-refractivity contribution in [2.24, 2.45) is 0 Å². The molecule has 2 aromatic carbocycles. The third kappa shape index (κ3) is 4.72. The first-order chi connectivity index (χ1) is 11.0. The van der Waals surface area contributed by atoms with Crippen molar-refractivity contribution in [3.8, 4) is 0 Å². The average molecular weight is 367 g/mol. The molecule has 1 N–H and O–H groups in total. The van der Waals surface area contributed by atoms with Crippen molar-refractivity contribution in [1.29, 1.82) is 0 Å². The molecule has 1 atom stereocenters. The van der Waals surface area contributed by atoms with Crippen LogP contribution in [-0.2, 0) is 16.3 Å². The molecule has 0 aliphatic carbocycles. The second kappa shape index (κ2) is 8.01. The summed E-state index contributed by atoms with van der Waals surface area (Å²) >= 11 is 0. The Morgan fingerprint density at radius 3 is 2.58 bits per heavy atom. The molecule has 0 aromatic heterocycles. The Morgan fingerprint density at radius 2 is 1.88 bits per heavy atom. The van der Waals surface area contributed by atoms with Crippen molar-refractivity contribution >= 4 is 27.9 Å². The van der Waals surface area contributed by atoms with Crippen molar-refractivity contribution in [2.75, 3.05) is 30.8 Å². The SMILES string of the molecule is CS(=O)(=O)c1cccc(N2CCN[C@@H](Cc3ccccc3)C2)c1.Cl. The largest absolute Gasteiger partial charge is 0.369 e. The zero-order valence-corrected chi connectivity index (χ0v) is 15.3. The van der Waals surface area contributed by atoms with E-state index in [-0.39, 0.29) is 12.4 Å². The van der Waals surface area contributed by atoms with Crippen LogP contribution >= 0.6 is 12.4 Å². The molecule has 0 bridgehead atoms. The minimum atomic E-state index is -3.17. The lowest BCUT2D eigenvalue weighted by molar-refractivity contribution is 0.454. The van der Waals surface area contributed by atoms with Gasteiger partial charge in [0.1, 0.15) is 0 Å². The number of sulfone groups is 1. The van der Waals surface area contributed by atoms with Crippen LogP contribution in [0.1, 0.15) is 5.56 Å². The number of hydrogen-bond donors (Lipinski definition) is 1. The van der Waals surface area contributed by atoms with Gasteiger partial charge in [-0.05, 0) is 30.2 Å². The van der Waals surface area contributed by atoms with Gasteiger partial charge in [0.25, 0.3) is 0 Å². The average Bonchev–Trinajstić information content (AvgIpc) is 2.55. The lowest BCUT2D eigenvalue weighted by atomic mass is 10.0. The molecule has 3 rings (SSSR count). The summed E-state index contributed by atoms with van der Waals surface area (Å²) in [5.74, 6) is 0. The summed E-state index contributed by atoms with van der Waals surface area (Å²) in [7, 11) is -3.17. The van der Waals surface area contributed by atoms with E-state index < -0.39 is 9.84 Å². The Labute approximate surface area is 150 Å². The fourth-order valence-corrected chi connectivity index (χ4v) is 3.67. The first-order valence-corrected chi connectivity index (χ1v) is 9.74. The molecular formula is C18H23ClN2O2S. The molecule has 6 heteroatoms. The number of rotatable bonds is 4. The molecule has 130 valence electrons. The molecule has 0 radical (unpaired) electrons. The highest BCUT2D eigenvalue weighted by atomic mass is 35.5. The molecule has 1 heterocycles. The van der Waals surface area contributed by atoms with Crippen LogP contribution in [0.3, 0.4) is 0 Å². The molecule has 2 aromatic rings. The van der Waals surface area contributed by atoms with Gasteiger partial charge in [0, 0.05) is 37.6 Å². The second-order valence-corrected chi connectivity index (χ2v) is 8.07. The van der Waals surface area contributed by atoms with Gasteiger partial charge in [0.15, 0.2) is 9.84 Å². The van der Waals surface area contributed by atoms with Crippen LogP contribution < -0.4 is 10.2 Å². The van der Waals surface area contributed by atoms with Gasteiger partial charge in [-0.25, -0.2) is 8.42 Å². The monoisotopic (exact) mass is 366 g/mol. The summed E-state index contributed by atoms with van der Waals surface area (Å²) in [4.78, 5) is 2.65. The van der Waals surface area contributed by atoms with Gasteiger partial charge < -0.3 is 10.2 Å². The van der Waals surface area contributed by atoms with Crippen LogP contribution in [0.15, 0.2) is 59.5 Å². The summed E-state index contributed by atoms with van der Waals surface area (Å²) in [5, 5.41) is 3.55. The standard InChI is InChI=1S/C18H22N2O2S.ClH/c1-23(21,22)18-9-5-8-17(13-18)20-11-10-19-16(14-20)12-15-6-3-2-4-7-15;/h2-9,13,16,19H,10-12,14H2,1H3;1H/t16-;/m0./s1. The highest BCUT2D eigenvalue weighted by Gasteiger charge is 2.20. The molecule has 1 aliphatic heterocycles. The highest BCUT2D eigenvalue weighted by molar-refractivity contribution is 7.90. The van der Waals surface area contributed by atoms with E-state index >= 15 is 0 Å². The van der Waals surface area contributed by atoms with Crippen molar-refractivity contribution in [3.05, 3.63) is 60.2 Å². The minimum absolute atomic E-state index is 0. The van der Waals surface area contributed by atoms with Gasteiger partial charge in [-0.15, -0.1) is 12.4 Å². The van der Waals surface area contributed by atoms with E-state index in [4.69, 9.17) is 0 Å². The molecular weight excluding hydrogens is 344 g/mol. The molecule has 1 fully saturated rings. The summed E-state index contributed by atoms with van der Waals surface area (Å²) < 4.78 is 23.5. The van der Waals surface area contributed by atoms with Crippen LogP contribution in [0.2, 0.25) is 0 Å². The summed E-state index contributed by atoms with van der Waals surface area (Å²) in [6.45, 7) is 2.67. The second-order valence-electron chi connectivity index (χ2n) is 6.06. The zero-order chi connectivity index (χ0) is 16.3. The van der Waals surface area contributed by atoms with Gasteiger partial charge in [-0.2, -0.15) is 0 Å². The third-order valence-corrected chi connectivity index (χ3v) is 5.30. The molecule has 4 nitrogen and oxygen atoms in total. The van der Waals surface area contributed by atoms with Crippen LogP contribution in [0.4, 0.5) is 5.69 Å². The number of piperazine rings is 1. The lowest BCUT2D eigenvalue weighted by Gasteiger charge is -2.35. The zero-order valence-electron chi connectivity index (χ0n) is 13.7. The molecule has 0 amide bonds. The van der Waals surface area contributed by atoms with Crippen LogP contribution in [0, 0.1) is 0 Å². The molecule has 1 aliphatic rings. The Morgan fingerprint density at radius 1 is 1.12 bits per heavy atom. The van der Waals surface area contributed by atoms with E-state index in [9.17, 15) is 8.42 Å². The topological polar surface area (TPSA) is 49.4 Å². The maximum Gasteiger partial charge on any atom is 0.175 e. The third-order valence-electron chi connectivity index (χ3n) is 4.19. The number of anilines is 1. The highest BCUT2D eigenvalue weighted by Crippen LogP contribution is 2.21. The van der Waals surface area contributed by atoms with Crippen molar-refractivity contribution in [1.82, 2.24) is 5.32 Å². The molecule has 0 spiro atoms. The van der Waals surface area contributed by atoms with Crippen LogP contribution in [0.5, 0.6) is 0 Å². The molecule has 1 saturated heterocycles. The number of hydrogen-bond acceptors (Lipinski definition) is 4. The fraction of sp³-hybridized carbons (Fsp3) is 0.333. The normalized spacial score (nSPS) is 18.0. The Kier molecular flexibility index (Phi) is 6.27. The number of nitrogens with zero attached hydrogens (tertiary/aromatic N) is 1. The number of benzene rings is 2. The molecule has 24 heavy (non-hydrogen) atoms. The number of nitrogens with one attached hydrogen (secondary N) is 1. The van der Waals surface area contributed by atoms with Gasteiger partial charge >= 0.3 is 0 Å². The molecule has 0 saturated carbocycles. The van der Waals surface area contributed by atoms with Crippen molar-refractivity contribution in [3.63, 3.8) is 0 Å². The Hall–Kier alpha value is -1.56. The predicted octanol–water partition coefficient (Wildman–Crippen LogP) is 2.53. The van der Waals surface area contributed by atoms with Crippen LogP contribution in [0.25, 0.3) is 0 Å². The summed E-state index contributed by atoms with van der Waals surface area (Å²) in [6.07, 6.45) is 2.23. The minimum Gasteiger partial charge on any atom is -0.369 e. The van der Waals surface area contributed by atoms with Gasteiger partial charge in [-0.1, -0.05) is 36.4 Å². The predicted molar refractivity (Wildman–Crippen MR) is 101 cm³/mol. The Bertz CT molecular complexity index is 766. The van der Waals surface area contributed by atoms with E-state index in [1.807, 2.05) is 18.2 Å². The smallest absolute Gasteiger partial charge is 0.175 e. The molecule has 0 unspecified atom stereocenters. The van der Waals surface area contributed by atoms with E-state index in [1.165, 1.54) is 11.8 Å². The maximum atomic E-state index is 11.7. The van der Waals surface area contributed by atoms with E-state index in [2.05, 4.69) is 34.5 Å². The Balaban J connectivity index is 0.00000208. The summed E-state index contributed by atoms with van der Waals surface area (Å²) in [5.41, 5.74) is 2.30. The quantitative estimate of drug-likeness (QED) is 0.903. The first-order valence-electron chi connectivity index (χ1n) is 7.85. The summed E-state index contributed by atoms with van der Waals surface area (Å²) in [6, 6.07) is 18.0. The van der Waals surface area contributed by atoms with Crippen molar-refractivity contribution in [2.45, 2.75) is 17.4 Å². The first kappa shape index (κ1) is 18.8. The lowest BCUT2D eigenvalue weighted by Crippen LogP contribution is -2.51. The van der Waals surface area contributed by atoms with E-state index in [0.29, 0.717) is 10.9 Å². The van der Waals surface area contributed by atoms with Gasteiger partial charge in [0.05, 0.1) is 4.90 Å². The van der Waals surface area contributed by atoms with Gasteiger partial charge in [0.2, 0.25) is 0 Å². The maximum absolute atomic E-state index is 11.7. The van der Waals surface area contributed by atoms with E-state index in [0.717, 1.165) is 31.7 Å². The van der Waals surface area contributed by atoms with Gasteiger partial charge in [-0.3, -0.25) is 0 Å². The fourth-order valence-electron chi connectivity index (χ4n) is 3.01. The van der Waals surface area contributed by atoms with Crippen molar-refractivity contribution < 1.29 is 8.42 Å². The number of halogens is 1. The van der Waals surface area contributed by atoms with Crippen LogP contribution in [-0.4, -0.2) is 40.3 Å².